The van der Waals surface area contributed by atoms with Crippen LogP contribution in [0.1, 0.15) is 16.8 Å². The number of nitrogens with one attached hydrogen (secondary N) is 1. The number of aliphatic hydroxyl groups is 3. The van der Waals surface area contributed by atoms with Gasteiger partial charge in [-0.25, -0.2) is 0 Å². The number of hydrogen-bond acceptors (Lipinski definition) is 7. The summed E-state index contributed by atoms with van der Waals surface area (Å²) < 4.78 is 16.3. The fourth-order valence-corrected chi connectivity index (χ4v) is 2.90. The van der Waals surface area contributed by atoms with Crippen LogP contribution in [0.3, 0.4) is 0 Å². The van der Waals surface area contributed by atoms with E-state index in [4.69, 9.17) is 14.5 Å². The summed E-state index contributed by atoms with van der Waals surface area (Å²) in [6.07, 6.45) is -5.35. The minimum absolute atomic E-state index is 0.195. The van der Waals surface area contributed by atoms with Gasteiger partial charge in [0.1, 0.15) is 18.3 Å². The van der Waals surface area contributed by atoms with Gasteiger partial charge >= 0.3 is 7.60 Å². The van der Waals surface area contributed by atoms with Crippen molar-refractivity contribution >= 4 is 13.5 Å². The Morgan fingerprint density at radius 3 is 2.54 bits per heavy atom. The van der Waals surface area contributed by atoms with Crippen LogP contribution in [0.5, 0.6) is 0 Å². The molecule has 1 aliphatic rings. The van der Waals surface area contributed by atoms with Crippen LogP contribution in [0.15, 0.2) is 24.5 Å². The molecular weight excluding hydrogens is 343 g/mol. The van der Waals surface area contributed by atoms with Crippen molar-refractivity contribution in [2.24, 2.45) is 0 Å². The molecule has 1 fully saturated rings. The lowest BCUT2D eigenvalue weighted by Crippen LogP contribution is -2.62. The van der Waals surface area contributed by atoms with Crippen LogP contribution in [0.2, 0.25) is 0 Å². The zero-order valence-electron chi connectivity index (χ0n) is 12.5. The van der Waals surface area contributed by atoms with Crippen LogP contribution in [0, 0.1) is 0 Å². The minimum Gasteiger partial charge on any atom is -0.388 e. The fourth-order valence-electron chi connectivity index (χ4n) is 2.31. The topological polar surface area (TPSA) is 169 Å². The van der Waals surface area contributed by atoms with Gasteiger partial charge in [-0.05, 0) is 18.6 Å². The summed E-state index contributed by atoms with van der Waals surface area (Å²) in [5.41, 5.74) is 0.195. The van der Waals surface area contributed by atoms with Crippen LogP contribution >= 0.6 is 7.60 Å². The molecule has 0 aromatic carbocycles. The number of rotatable bonds is 5. The number of carbonyl (C=O) groups excluding carboxylic acids is 1. The average Bonchev–Trinajstić information content (AvgIpc) is 2.54. The molecule has 10 nitrogen and oxygen atoms in total. The second-order valence-electron chi connectivity index (χ2n) is 5.46. The molecule has 0 bridgehead atoms. The molecule has 1 amide bonds. The minimum atomic E-state index is -4.32. The Labute approximate surface area is 137 Å². The summed E-state index contributed by atoms with van der Waals surface area (Å²) >= 11 is 0. The lowest BCUT2D eigenvalue weighted by Gasteiger charge is -2.40. The normalized spacial score (nSPS) is 30.8. The van der Waals surface area contributed by atoms with Gasteiger partial charge in [-0.3, -0.25) is 14.3 Å². The first-order valence-corrected chi connectivity index (χ1v) is 8.94. The molecule has 2 rings (SSSR count). The first kappa shape index (κ1) is 18.9. The third-order valence-corrected chi connectivity index (χ3v) is 4.46. The van der Waals surface area contributed by atoms with Gasteiger partial charge < -0.3 is 35.2 Å². The van der Waals surface area contributed by atoms with Gasteiger partial charge in [0, 0.05) is 12.4 Å². The summed E-state index contributed by atoms with van der Waals surface area (Å²) in [6.45, 7) is 0. The van der Waals surface area contributed by atoms with Crippen molar-refractivity contribution in [3.05, 3.63) is 30.1 Å². The average molecular weight is 362 g/mol. The smallest absolute Gasteiger partial charge is 0.325 e. The van der Waals surface area contributed by atoms with E-state index in [0.29, 0.717) is 0 Å². The number of aromatic nitrogens is 1. The molecular formula is C13H19N2O8P. The molecule has 2 heterocycles. The second kappa shape index (κ2) is 7.66. The van der Waals surface area contributed by atoms with Gasteiger partial charge in [0.15, 0.2) is 6.23 Å². The molecule has 6 N–H and O–H groups in total. The zero-order valence-corrected chi connectivity index (χ0v) is 13.4. The maximum Gasteiger partial charge on any atom is 0.325 e. The summed E-state index contributed by atoms with van der Waals surface area (Å²) in [7, 11) is -4.32. The van der Waals surface area contributed by atoms with Crippen molar-refractivity contribution in [2.45, 2.75) is 37.1 Å². The Morgan fingerprint density at radius 1 is 1.25 bits per heavy atom. The maximum absolute atomic E-state index is 12.1. The Bertz CT molecular complexity index is 609. The van der Waals surface area contributed by atoms with Crippen LogP contribution in [0.4, 0.5) is 0 Å². The van der Waals surface area contributed by atoms with Crippen LogP contribution in [-0.4, -0.2) is 72.8 Å². The molecule has 24 heavy (non-hydrogen) atoms. The van der Waals surface area contributed by atoms with Crippen molar-refractivity contribution in [3.8, 4) is 0 Å². The Balaban J connectivity index is 2.05. The van der Waals surface area contributed by atoms with E-state index in [1.165, 1.54) is 24.5 Å². The SMILES string of the molecule is O=C(NC1O[C@H](CCP(=O)(O)O)[C@@H](O)[C@H](O)[C@@H]1O)c1cccnc1. The predicted octanol–water partition coefficient (Wildman–Crippen LogP) is -1.81. The number of carbonyl (C=O) groups is 1. The first-order chi connectivity index (χ1) is 11.2. The number of ether oxygens (including phenoxy) is 1. The number of nitrogens with zero attached hydrogens (tertiary/aromatic N) is 1. The highest BCUT2D eigenvalue weighted by molar-refractivity contribution is 7.51. The summed E-state index contributed by atoms with van der Waals surface area (Å²) in [4.78, 5) is 33.6. The number of hydrogen-bond donors (Lipinski definition) is 6. The molecule has 1 unspecified atom stereocenters. The largest absolute Gasteiger partial charge is 0.388 e. The van der Waals surface area contributed by atoms with Crippen LogP contribution < -0.4 is 5.32 Å². The fraction of sp³-hybridized carbons (Fsp3) is 0.538. The van der Waals surface area contributed by atoms with E-state index in [1.54, 1.807) is 0 Å². The standard InChI is InChI=1S/C13H19N2O8P/c16-9-8(3-5-24(20,21)22)23-13(11(18)10(9)17)15-12(19)7-2-1-4-14-6-7/h1-2,4,6,8-11,13,16-18H,3,5H2,(H,15,19)(H2,20,21,22)/t8-,9-,10+,11+,13?/m1/s1. The molecule has 1 saturated heterocycles. The van der Waals surface area contributed by atoms with E-state index >= 15 is 0 Å². The summed E-state index contributed by atoms with van der Waals surface area (Å²) in [6, 6.07) is 3.02. The second-order valence-corrected chi connectivity index (χ2v) is 7.24. The zero-order chi connectivity index (χ0) is 17.9. The highest BCUT2D eigenvalue weighted by Gasteiger charge is 2.44. The van der Waals surface area contributed by atoms with Crippen LogP contribution in [-0.2, 0) is 9.30 Å². The van der Waals surface area contributed by atoms with Gasteiger partial charge in [0.25, 0.3) is 5.91 Å². The quantitative estimate of drug-likeness (QED) is 0.330. The Hall–Kier alpha value is -1.39. The molecule has 1 aliphatic heterocycles. The summed E-state index contributed by atoms with van der Waals surface area (Å²) in [5.74, 6) is -0.621. The van der Waals surface area contributed by atoms with Crippen molar-refractivity contribution in [3.63, 3.8) is 0 Å². The predicted molar refractivity (Wildman–Crippen MR) is 79.9 cm³/mol. The highest BCUT2D eigenvalue weighted by Crippen LogP contribution is 2.37. The molecule has 1 aromatic heterocycles. The van der Waals surface area contributed by atoms with Gasteiger partial charge in [0.05, 0.1) is 17.8 Å². The van der Waals surface area contributed by atoms with E-state index in [9.17, 15) is 24.7 Å². The molecule has 0 aliphatic carbocycles. The van der Waals surface area contributed by atoms with E-state index in [1.807, 2.05) is 0 Å². The van der Waals surface area contributed by atoms with Gasteiger partial charge in [-0.15, -0.1) is 0 Å². The molecule has 1 aromatic rings. The Morgan fingerprint density at radius 2 is 1.96 bits per heavy atom. The first-order valence-electron chi connectivity index (χ1n) is 7.14. The van der Waals surface area contributed by atoms with Gasteiger partial charge in [-0.2, -0.15) is 0 Å². The van der Waals surface area contributed by atoms with E-state index in [-0.39, 0.29) is 12.0 Å². The van der Waals surface area contributed by atoms with Gasteiger partial charge in [-0.1, -0.05) is 0 Å². The molecule has 0 saturated carbocycles. The molecule has 0 spiro atoms. The molecule has 0 radical (unpaired) electrons. The lowest BCUT2D eigenvalue weighted by atomic mass is 9.96. The Kier molecular flexibility index (Phi) is 6.05. The third kappa shape index (κ3) is 4.81. The van der Waals surface area contributed by atoms with Crippen LogP contribution in [0.25, 0.3) is 0 Å². The van der Waals surface area contributed by atoms with Crippen molar-refractivity contribution in [1.82, 2.24) is 10.3 Å². The number of amides is 1. The van der Waals surface area contributed by atoms with E-state index < -0.39 is 50.3 Å². The van der Waals surface area contributed by atoms with Gasteiger partial charge in [0.2, 0.25) is 0 Å². The van der Waals surface area contributed by atoms with Crippen molar-refractivity contribution in [1.29, 1.82) is 0 Å². The molecule has 134 valence electrons. The molecule has 11 heteroatoms. The lowest BCUT2D eigenvalue weighted by molar-refractivity contribution is -0.226. The maximum atomic E-state index is 12.1. The van der Waals surface area contributed by atoms with E-state index in [2.05, 4.69) is 10.3 Å². The third-order valence-electron chi connectivity index (χ3n) is 3.61. The van der Waals surface area contributed by atoms with Crippen molar-refractivity contribution in [2.75, 3.05) is 6.16 Å². The van der Waals surface area contributed by atoms with E-state index in [0.717, 1.165) is 0 Å². The van der Waals surface area contributed by atoms with Crippen molar-refractivity contribution < 1.29 is 39.2 Å². The summed E-state index contributed by atoms with van der Waals surface area (Å²) in [5, 5.41) is 32.0. The molecule has 5 atom stereocenters. The monoisotopic (exact) mass is 362 g/mol. The number of aliphatic hydroxyl groups excluding tert-OH is 3. The number of pyridine rings is 1. The highest BCUT2D eigenvalue weighted by atomic mass is 31.2.